The van der Waals surface area contributed by atoms with Crippen LogP contribution in [0.2, 0.25) is 0 Å². The van der Waals surface area contributed by atoms with Crippen LogP contribution in [0.5, 0.6) is 0 Å². The third-order valence-corrected chi connectivity index (χ3v) is 4.88. The highest BCUT2D eigenvalue weighted by Gasteiger charge is 2.33. The highest BCUT2D eigenvalue weighted by molar-refractivity contribution is 5.89. The Kier molecular flexibility index (Phi) is 4.89. The Labute approximate surface area is 144 Å². The molecule has 0 radical (unpaired) electrons. The standard InChI is InChI=1S/C21H26N2O/c1-15-9-11-18(12-10-15)20-17(3)7-5-13-23(20)21(24)22-19-8-4-6-16(2)14-19/h4,6,8-12,14,17,20H,5,7,13H2,1-3H3,(H,22,24)/t17-,20-/m0/s1. The van der Waals surface area contributed by atoms with Gasteiger partial charge in [-0.15, -0.1) is 0 Å². The maximum absolute atomic E-state index is 12.9. The summed E-state index contributed by atoms with van der Waals surface area (Å²) in [5.74, 6) is 0.463. The summed E-state index contributed by atoms with van der Waals surface area (Å²) in [6.45, 7) is 7.18. The molecule has 1 saturated heterocycles. The van der Waals surface area contributed by atoms with Crippen molar-refractivity contribution in [1.29, 1.82) is 0 Å². The molecule has 3 heteroatoms. The van der Waals surface area contributed by atoms with Crippen LogP contribution in [-0.2, 0) is 0 Å². The Hall–Kier alpha value is -2.29. The average molecular weight is 322 g/mol. The maximum Gasteiger partial charge on any atom is 0.322 e. The maximum atomic E-state index is 12.9. The molecule has 1 N–H and O–H groups in total. The molecule has 0 saturated carbocycles. The second-order valence-corrected chi connectivity index (χ2v) is 6.97. The van der Waals surface area contributed by atoms with Crippen molar-refractivity contribution in [2.75, 3.05) is 11.9 Å². The fraction of sp³-hybridized carbons (Fsp3) is 0.381. The van der Waals surface area contributed by atoms with Gasteiger partial charge in [0.1, 0.15) is 0 Å². The highest BCUT2D eigenvalue weighted by atomic mass is 16.2. The number of carbonyl (C=O) groups is 1. The average Bonchev–Trinajstić information content (AvgIpc) is 2.55. The molecule has 1 aliphatic heterocycles. The zero-order valence-corrected chi connectivity index (χ0v) is 14.8. The molecule has 2 aromatic carbocycles. The molecule has 0 aliphatic carbocycles. The molecule has 0 unspecified atom stereocenters. The second kappa shape index (κ2) is 7.08. The monoisotopic (exact) mass is 322 g/mol. The summed E-state index contributed by atoms with van der Waals surface area (Å²) in [6, 6.07) is 16.7. The van der Waals surface area contributed by atoms with Crippen LogP contribution in [0.1, 0.15) is 42.5 Å². The Morgan fingerprint density at radius 1 is 1.08 bits per heavy atom. The van der Waals surface area contributed by atoms with E-state index in [2.05, 4.69) is 43.4 Å². The molecule has 0 spiro atoms. The number of likely N-dealkylation sites (tertiary alicyclic amines) is 1. The van der Waals surface area contributed by atoms with E-state index in [-0.39, 0.29) is 12.1 Å². The zero-order chi connectivity index (χ0) is 17.1. The van der Waals surface area contributed by atoms with E-state index in [1.54, 1.807) is 0 Å². The predicted molar refractivity (Wildman–Crippen MR) is 99.2 cm³/mol. The van der Waals surface area contributed by atoms with Gasteiger partial charge in [-0.3, -0.25) is 0 Å². The first-order valence-corrected chi connectivity index (χ1v) is 8.75. The summed E-state index contributed by atoms with van der Waals surface area (Å²) in [6.07, 6.45) is 2.22. The quantitative estimate of drug-likeness (QED) is 0.798. The van der Waals surface area contributed by atoms with E-state index in [1.165, 1.54) is 11.1 Å². The van der Waals surface area contributed by atoms with Crippen LogP contribution in [-0.4, -0.2) is 17.5 Å². The van der Waals surface area contributed by atoms with E-state index in [1.807, 2.05) is 36.1 Å². The smallest absolute Gasteiger partial charge is 0.317 e. The number of nitrogens with zero attached hydrogens (tertiary/aromatic N) is 1. The molecule has 0 bridgehead atoms. The van der Waals surface area contributed by atoms with Crippen LogP contribution < -0.4 is 5.32 Å². The van der Waals surface area contributed by atoms with E-state index < -0.39 is 0 Å². The van der Waals surface area contributed by atoms with Gasteiger partial charge < -0.3 is 10.2 Å². The minimum Gasteiger partial charge on any atom is -0.317 e. The van der Waals surface area contributed by atoms with Crippen LogP contribution in [0, 0.1) is 19.8 Å². The van der Waals surface area contributed by atoms with Crippen LogP contribution >= 0.6 is 0 Å². The molecule has 2 aromatic rings. The first-order chi connectivity index (χ1) is 11.5. The van der Waals surface area contributed by atoms with Crippen molar-refractivity contribution in [3.05, 3.63) is 65.2 Å². The molecule has 2 atom stereocenters. The van der Waals surface area contributed by atoms with Gasteiger partial charge in [-0.25, -0.2) is 4.79 Å². The number of nitrogens with one attached hydrogen (secondary N) is 1. The van der Waals surface area contributed by atoms with Crippen molar-refractivity contribution in [3.63, 3.8) is 0 Å². The lowest BCUT2D eigenvalue weighted by atomic mass is 9.86. The molecule has 1 fully saturated rings. The number of amides is 2. The van der Waals surface area contributed by atoms with Crippen molar-refractivity contribution in [2.45, 2.75) is 39.7 Å². The van der Waals surface area contributed by atoms with Gasteiger partial charge in [0.15, 0.2) is 0 Å². The molecular formula is C21H26N2O. The van der Waals surface area contributed by atoms with Gasteiger partial charge in [-0.2, -0.15) is 0 Å². The molecule has 3 nitrogen and oxygen atoms in total. The topological polar surface area (TPSA) is 32.3 Å². The molecule has 0 aromatic heterocycles. The Morgan fingerprint density at radius 3 is 2.54 bits per heavy atom. The molecule has 126 valence electrons. The van der Waals surface area contributed by atoms with Gasteiger partial charge in [-0.05, 0) is 55.9 Å². The van der Waals surface area contributed by atoms with Gasteiger partial charge in [0.05, 0.1) is 6.04 Å². The molecule has 1 aliphatic rings. The molecule has 2 amide bonds. The number of anilines is 1. The first kappa shape index (κ1) is 16.6. The largest absolute Gasteiger partial charge is 0.322 e. The van der Waals surface area contributed by atoms with E-state index >= 15 is 0 Å². The van der Waals surface area contributed by atoms with Gasteiger partial charge in [-0.1, -0.05) is 48.9 Å². The number of rotatable bonds is 2. The number of urea groups is 1. The number of benzene rings is 2. The molecule has 3 rings (SSSR count). The predicted octanol–water partition coefficient (Wildman–Crippen LogP) is 5.31. The summed E-state index contributed by atoms with van der Waals surface area (Å²) in [5.41, 5.74) is 4.49. The first-order valence-electron chi connectivity index (χ1n) is 8.75. The van der Waals surface area contributed by atoms with Gasteiger partial charge in [0.25, 0.3) is 0 Å². The van der Waals surface area contributed by atoms with Gasteiger partial charge >= 0.3 is 6.03 Å². The van der Waals surface area contributed by atoms with E-state index in [9.17, 15) is 4.79 Å². The Bertz CT molecular complexity index is 708. The number of piperidine rings is 1. The van der Waals surface area contributed by atoms with Crippen LogP contribution in [0.3, 0.4) is 0 Å². The third-order valence-electron chi connectivity index (χ3n) is 4.88. The molecular weight excluding hydrogens is 296 g/mol. The summed E-state index contributed by atoms with van der Waals surface area (Å²) >= 11 is 0. The van der Waals surface area contributed by atoms with E-state index in [0.717, 1.165) is 30.6 Å². The number of aryl methyl sites for hydroxylation is 2. The number of carbonyl (C=O) groups excluding carboxylic acids is 1. The second-order valence-electron chi connectivity index (χ2n) is 6.97. The highest BCUT2D eigenvalue weighted by Crippen LogP contribution is 2.36. The zero-order valence-electron chi connectivity index (χ0n) is 14.8. The summed E-state index contributed by atoms with van der Waals surface area (Å²) in [4.78, 5) is 14.9. The summed E-state index contributed by atoms with van der Waals surface area (Å²) < 4.78 is 0. The summed E-state index contributed by atoms with van der Waals surface area (Å²) in [7, 11) is 0. The van der Waals surface area contributed by atoms with Gasteiger partial charge in [0.2, 0.25) is 0 Å². The fourth-order valence-electron chi connectivity index (χ4n) is 3.61. The SMILES string of the molecule is Cc1ccc([C@@H]2[C@@H](C)CCCN2C(=O)Nc2cccc(C)c2)cc1. The van der Waals surface area contributed by atoms with Crippen LogP contribution in [0.25, 0.3) is 0 Å². The minimum atomic E-state index is -0.00211. The fourth-order valence-corrected chi connectivity index (χ4v) is 3.61. The minimum absolute atomic E-state index is 0.00211. The van der Waals surface area contributed by atoms with Crippen molar-refractivity contribution in [3.8, 4) is 0 Å². The summed E-state index contributed by atoms with van der Waals surface area (Å²) in [5, 5.41) is 3.07. The normalized spacial score (nSPS) is 20.7. The Morgan fingerprint density at radius 2 is 1.83 bits per heavy atom. The van der Waals surface area contributed by atoms with E-state index in [0.29, 0.717) is 5.92 Å². The Balaban J connectivity index is 1.83. The number of hydrogen-bond acceptors (Lipinski definition) is 1. The molecule has 24 heavy (non-hydrogen) atoms. The van der Waals surface area contributed by atoms with E-state index in [4.69, 9.17) is 0 Å². The van der Waals surface area contributed by atoms with Crippen LogP contribution in [0.15, 0.2) is 48.5 Å². The van der Waals surface area contributed by atoms with Gasteiger partial charge in [0, 0.05) is 12.2 Å². The lowest BCUT2D eigenvalue weighted by molar-refractivity contribution is 0.129. The van der Waals surface area contributed by atoms with Crippen molar-refractivity contribution in [2.24, 2.45) is 5.92 Å². The van der Waals surface area contributed by atoms with Crippen molar-refractivity contribution < 1.29 is 4.79 Å². The lowest BCUT2D eigenvalue weighted by Crippen LogP contribution is -2.44. The van der Waals surface area contributed by atoms with Crippen molar-refractivity contribution >= 4 is 11.7 Å². The number of hydrogen-bond donors (Lipinski definition) is 1. The van der Waals surface area contributed by atoms with Crippen LogP contribution in [0.4, 0.5) is 10.5 Å². The lowest BCUT2D eigenvalue weighted by Gasteiger charge is -2.40. The third kappa shape index (κ3) is 3.61. The van der Waals surface area contributed by atoms with Crippen molar-refractivity contribution in [1.82, 2.24) is 4.90 Å². The molecule has 1 heterocycles.